The number of nitrogens with one attached hydrogen (secondary N) is 1. The van der Waals surface area contributed by atoms with Crippen LogP contribution in [0, 0.1) is 0 Å². The number of amides is 2. The van der Waals surface area contributed by atoms with Crippen LogP contribution in [0.1, 0.15) is 36.9 Å². The molecule has 2 atom stereocenters. The van der Waals surface area contributed by atoms with Crippen molar-refractivity contribution in [1.82, 2.24) is 10.2 Å². The van der Waals surface area contributed by atoms with Gasteiger partial charge in [-0.05, 0) is 30.9 Å². The zero-order valence-electron chi connectivity index (χ0n) is 14.9. The molecule has 0 aromatic heterocycles. The number of carbonyl (C=O) groups is 2. The molecule has 2 aromatic carbocycles. The molecule has 5 heteroatoms. The first-order chi connectivity index (χ1) is 12.6. The summed E-state index contributed by atoms with van der Waals surface area (Å²) in [6, 6.07) is 18.8. The molecule has 1 aliphatic heterocycles. The van der Waals surface area contributed by atoms with Crippen molar-refractivity contribution in [2.24, 2.45) is 0 Å². The predicted octanol–water partition coefficient (Wildman–Crippen LogP) is 3.67. The van der Waals surface area contributed by atoms with Crippen LogP contribution in [0.15, 0.2) is 60.7 Å². The molecule has 5 nitrogen and oxygen atoms in total. The van der Waals surface area contributed by atoms with Crippen LogP contribution in [0.3, 0.4) is 0 Å². The Morgan fingerprint density at radius 2 is 1.77 bits per heavy atom. The third-order valence-electron chi connectivity index (χ3n) is 4.65. The van der Waals surface area contributed by atoms with Gasteiger partial charge in [0, 0.05) is 6.54 Å². The van der Waals surface area contributed by atoms with Crippen LogP contribution in [-0.2, 0) is 16.1 Å². The first-order valence-electron chi connectivity index (χ1n) is 8.98. The van der Waals surface area contributed by atoms with Gasteiger partial charge in [0.25, 0.3) is 0 Å². The molecule has 1 fully saturated rings. The first-order valence-corrected chi connectivity index (χ1v) is 8.98. The van der Waals surface area contributed by atoms with Gasteiger partial charge in [-0.2, -0.15) is 0 Å². The van der Waals surface area contributed by atoms with E-state index in [1.165, 1.54) is 4.90 Å². The molecule has 136 valence electrons. The van der Waals surface area contributed by atoms with Crippen LogP contribution >= 0.6 is 0 Å². The maximum Gasteiger partial charge on any atom is 0.410 e. The molecular formula is C21H24N2O3. The number of hydrogen-bond donors (Lipinski definition) is 1. The van der Waals surface area contributed by atoms with Crippen LogP contribution in [-0.4, -0.2) is 29.5 Å². The maximum absolute atomic E-state index is 12.7. The van der Waals surface area contributed by atoms with E-state index < -0.39 is 12.1 Å². The highest BCUT2D eigenvalue weighted by Gasteiger charge is 2.35. The second kappa shape index (κ2) is 8.52. The monoisotopic (exact) mass is 352 g/mol. The predicted molar refractivity (Wildman–Crippen MR) is 99.4 cm³/mol. The fourth-order valence-corrected chi connectivity index (χ4v) is 3.19. The second-order valence-electron chi connectivity index (χ2n) is 6.53. The number of nitrogens with zero attached hydrogens (tertiary/aromatic N) is 1. The van der Waals surface area contributed by atoms with Crippen LogP contribution in [0.25, 0.3) is 0 Å². The summed E-state index contributed by atoms with van der Waals surface area (Å²) in [6.45, 7) is 2.70. The Morgan fingerprint density at radius 1 is 1.12 bits per heavy atom. The molecule has 0 saturated carbocycles. The molecule has 3 rings (SSSR count). The summed E-state index contributed by atoms with van der Waals surface area (Å²) in [7, 11) is 0. The molecule has 2 aromatic rings. The van der Waals surface area contributed by atoms with Gasteiger partial charge in [-0.1, -0.05) is 60.7 Å². The quantitative estimate of drug-likeness (QED) is 0.893. The minimum atomic E-state index is -0.468. The Morgan fingerprint density at radius 3 is 2.46 bits per heavy atom. The third kappa shape index (κ3) is 4.42. The largest absolute Gasteiger partial charge is 0.445 e. The van der Waals surface area contributed by atoms with Crippen molar-refractivity contribution in [2.75, 3.05) is 6.54 Å². The Hall–Kier alpha value is -2.82. The Labute approximate surface area is 154 Å². The summed E-state index contributed by atoms with van der Waals surface area (Å²) in [4.78, 5) is 26.6. The van der Waals surface area contributed by atoms with E-state index >= 15 is 0 Å². The smallest absolute Gasteiger partial charge is 0.410 e. The van der Waals surface area contributed by atoms with E-state index in [2.05, 4.69) is 5.32 Å². The lowest BCUT2D eigenvalue weighted by molar-refractivity contribution is -0.125. The average Bonchev–Trinajstić information content (AvgIpc) is 3.17. The summed E-state index contributed by atoms with van der Waals surface area (Å²) in [5, 5.41) is 3.01. The highest BCUT2D eigenvalue weighted by atomic mass is 16.6. The van der Waals surface area contributed by atoms with Crippen LogP contribution in [0.2, 0.25) is 0 Å². The van der Waals surface area contributed by atoms with Gasteiger partial charge in [0.2, 0.25) is 5.91 Å². The van der Waals surface area contributed by atoms with Gasteiger partial charge in [0.1, 0.15) is 12.6 Å². The molecule has 2 amide bonds. The summed E-state index contributed by atoms with van der Waals surface area (Å²) >= 11 is 0. The number of likely N-dealkylation sites (tertiary alicyclic amines) is 1. The van der Waals surface area contributed by atoms with Crippen molar-refractivity contribution in [3.05, 3.63) is 71.8 Å². The van der Waals surface area contributed by atoms with E-state index in [0.717, 1.165) is 17.5 Å². The van der Waals surface area contributed by atoms with Gasteiger partial charge in [0.15, 0.2) is 0 Å². The first kappa shape index (κ1) is 18.0. The standard InChI is InChI=1S/C21H24N2O3/c1-16(18-11-6-3-7-12-18)22-20(24)19-13-8-14-23(19)21(25)26-15-17-9-4-2-5-10-17/h2-7,9-12,16,19H,8,13-15H2,1H3,(H,22,24)/t16-,19+/m0/s1. The van der Waals surface area contributed by atoms with Crippen LogP contribution in [0.4, 0.5) is 4.79 Å². The van der Waals surface area contributed by atoms with Crippen molar-refractivity contribution >= 4 is 12.0 Å². The summed E-state index contributed by atoms with van der Waals surface area (Å²) < 4.78 is 5.39. The van der Waals surface area contributed by atoms with Gasteiger partial charge >= 0.3 is 6.09 Å². The third-order valence-corrected chi connectivity index (χ3v) is 4.65. The van der Waals surface area contributed by atoms with Crippen molar-refractivity contribution in [3.63, 3.8) is 0 Å². The molecule has 1 N–H and O–H groups in total. The summed E-state index contributed by atoms with van der Waals surface area (Å²) in [5.41, 5.74) is 1.97. The highest BCUT2D eigenvalue weighted by molar-refractivity contribution is 5.86. The minimum Gasteiger partial charge on any atom is -0.445 e. The Balaban J connectivity index is 1.56. The molecule has 26 heavy (non-hydrogen) atoms. The van der Waals surface area contributed by atoms with Crippen molar-refractivity contribution in [1.29, 1.82) is 0 Å². The normalized spacial score (nSPS) is 17.6. The second-order valence-corrected chi connectivity index (χ2v) is 6.53. The fraction of sp³-hybridized carbons (Fsp3) is 0.333. The highest BCUT2D eigenvalue weighted by Crippen LogP contribution is 2.21. The van der Waals surface area contributed by atoms with Gasteiger partial charge in [0.05, 0.1) is 6.04 Å². The lowest BCUT2D eigenvalue weighted by Crippen LogP contribution is -2.46. The van der Waals surface area contributed by atoms with E-state index in [0.29, 0.717) is 13.0 Å². The molecule has 0 spiro atoms. The van der Waals surface area contributed by atoms with E-state index in [-0.39, 0.29) is 18.6 Å². The number of hydrogen-bond acceptors (Lipinski definition) is 3. The van der Waals surface area contributed by atoms with Crippen molar-refractivity contribution < 1.29 is 14.3 Å². The minimum absolute atomic E-state index is 0.105. The van der Waals surface area contributed by atoms with Gasteiger partial charge < -0.3 is 10.1 Å². The fourth-order valence-electron chi connectivity index (χ4n) is 3.19. The lowest BCUT2D eigenvalue weighted by atomic mass is 10.1. The molecule has 0 unspecified atom stereocenters. The molecule has 1 saturated heterocycles. The van der Waals surface area contributed by atoms with Gasteiger partial charge in [-0.3, -0.25) is 9.69 Å². The average molecular weight is 352 g/mol. The van der Waals surface area contributed by atoms with Crippen LogP contribution < -0.4 is 5.32 Å². The topological polar surface area (TPSA) is 58.6 Å². The molecule has 0 radical (unpaired) electrons. The number of carbonyl (C=O) groups excluding carboxylic acids is 2. The van der Waals surface area contributed by atoms with Crippen molar-refractivity contribution in [2.45, 2.75) is 38.5 Å². The van der Waals surface area contributed by atoms with E-state index in [1.807, 2.05) is 67.6 Å². The molecule has 0 aliphatic carbocycles. The van der Waals surface area contributed by atoms with Crippen LogP contribution in [0.5, 0.6) is 0 Å². The van der Waals surface area contributed by atoms with E-state index in [9.17, 15) is 9.59 Å². The number of benzene rings is 2. The number of rotatable bonds is 5. The van der Waals surface area contributed by atoms with Gasteiger partial charge in [-0.25, -0.2) is 4.79 Å². The maximum atomic E-state index is 12.7. The zero-order valence-corrected chi connectivity index (χ0v) is 14.9. The Kier molecular flexibility index (Phi) is 5.89. The lowest BCUT2D eigenvalue weighted by Gasteiger charge is -2.25. The van der Waals surface area contributed by atoms with Crippen molar-refractivity contribution in [3.8, 4) is 0 Å². The molecule has 1 heterocycles. The van der Waals surface area contributed by atoms with E-state index in [4.69, 9.17) is 4.74 Å². The molecular weight excluding hydrogens is 328 g/mol. The number of ether oxygens (including phenoxy) is 1. The molecule has 0 bridgehead atoms. The Bertz CT molecular complexity index is 733. The summed E-state index contributed by atoms with van der Waals surface area (Å²) in [5.74, 6) is -0.129. The molecule has 1 aliphatic rings. The van der Waals surface area contributed by atoms with E-state index in [1.54, 1.807) is 0 Å². The summed E-state index contributed by atoms with van der Waals surface area (Å²) in [6.07, 6.45) is 1.03. The zero-order chi connectivity index (χ0) is 18.4. The SMILES string of the molecule is C[C@H](NC(=O)[C@H]1CCCN1C(=O)OCc1ccccc1)c1ccccc1. The van der Waals surface area contributed by atoms with Gasteiger partial charge in [-0.15, -0.1) is 0 Å².